The fourth-order valence-corrected chi connectivity index (χ4v) is 1.55. The molecule has 4 nitrogen and oxygen atoms in total. The highest BCUT2D eigenvalue weighted by Gasteiger charge is 2.13. The fourth-order valence-electron chi connectivity index (χ4n) is 1.55. The van der Waals surface area contributed by atoms with Crippen LogP contribution in [0.5, 0.6) is 5.75 Å². The molecule has 0 spiro atoms. The van der Waals surface area contributed by atoms with Gasteiger partial charge in [-0.2, -0.15) is 0 Å². The zero-order valence-electron chi connectivity index (χ0n) is 10.9. The number of ether oxygens (including phenoxy) is 1. The van der Waals surface area contributed by atoms with Crippen molar-refractivity contribution >= 4 is 5.91 Å². The predicted molar refractivity (Wildman–Crippen MR) is 72.3 cm³/mol. The van der Waals surface area contributed by atoms with Crippen LogP contribution in [-0.4, -0.2) is 30.5 Å². The Balaban J connectivity index is 2.58. The van der Waals surface area contributed by atoms with Gasteiger partial charge in [-0.1, -0.05) is 24.8 Å². The van der Waals surface area contributed by atoms with E-state index in [1.807, 2.05) is 24.3 Å². The first kappa shape index (κ1) is 14.3. The molecule has 18 heavy (non-hydrogen) atoms. The minimum atomic E-state index is -0.467. The molecule has 0 unspecified atom stereocenters. The molecule has 2 N–H and O–H groups in total. The second kappa shape index (κ2) is 6.81. The third-order valence-corrected chi connectivity index (χ3v) is 2.48. The van der Waals surface area contributed by atoms with Crippen LogP contribution in [0.3, 0.4) is 0 Å². The summed E-state index contributed by atoms with van der Waals surface area (Å²) in [5.41, 5.74) is 6.59. The first-order chi connectivity index (χ1) is 8.54. The Hall–Kier alpha value is -1.81. The van der Waals surface area contributed by atoms with E-state index in [0.29, 0.717) is 13.2 Å². The molecule has 1 atom stereocenters. The van der Waals surface area contributed by atoms with Gasteiger partial charge in [0.25, 0.3) is 0 Å². The molecule has 0 saturated carbocycles. The Morgan fingerprint density at radius 1 is 1.50 bits per heavy atom. The average Bonchev–Trinajstić information content (AvgIpc) is 2.36. The van der Waals surface area contributed by atoms with Crippen molar-refractivity contribution < 1.29 is 9.53 Å². The summed E-state index contributed by atoms with van der Waals surface area (Å²) in [5.74, 6) is 0.724. The van der Waals surface area contributed by atoms with E-state index < -0.39 is 6.04 Å². The van der Waals surface area contributed by atoms with Crippen molar-refractivity contribution in [1.82, 2.24) is 4.90 Å². The summed E-state index contributed by atoms with van der Waals surface area (Å²) >= 11 is 0. The maximum absolute atomic E-state index is 11.6. The largest absolute Gasteiger partial charge is 0.490 e. The monoisotopic (exact) mass is 248 g/mol. The third kappa shape index (κ3) is 4.22. The number of rotatable bonds is 6. The van der Waals surface area contributed by atoms with E-state index in [0.717, 1.165) is 11.3 Å². The van der Waals surface area contributed by atoms with Crippen LogP contribution in [0.2, 0.25) is 0 Å². The lowest BCUT2D eigenvalue weighted by molar-refractivity contribution is -0.131. The van der Waals surface area contributed by atoms with Crippen LogP contribution in [0.15, 0.2) is 36.9 Å². The Kier molecular flexibility index (Phi) is 5.39. The van der Waals surface area contributed by atoms with Gasteiger partial charge in [0.05, 0.1) is 6.04 Å². The molecule has 1 amide bonds. The van der Waals surface area contributed by atoms with Crippen molar-refractivity contribution in [3.05, 3.63) is 42.5 Å². The molecular formula is C14H20N2O2. The summed E-state index contributed by atoms with van der Waals surface area (Å²) in [4.78, 5) is 13.2. The lowest BCUT2D eigenvalue weighted by atomic mass is 10.2. The van der Waals surface area contributed by atoms with Gasteiger partial charge < -0.3 is 15.4 Å². The highest BCUT2D eigenvalue weighted by Crippen LogP contribution is 2.13. The molecule has 0 aliphatic heterocycles. The second-order valence-electron chi connectivity index (χ2n) is 4.23. The van der Waals surface area contributed by atoms with Crippen LogP contribution in [0.25, 0.3) is 0 Å². The third-order valence-electron chi connectivity index (χ3n) is 2.48. The molecule has 98 valence electrons. The zero-order valence-corrected chi connectivity index (χ0v) is 10.9. The van der Waals surface area contributed by atoms with Gasteiger partial charge in [0.2, 0.25) is 5.91 Å². The van der Waals surface area contributed by atoms with Crippen molar-refractivity contribution in [1.29, 1.82) is 0 Å². The molecule has 0 radical (unpaired) electrons. The molecule has 0 heterocycles. The molecule has 1 aromatic rings. The summed E-state index contributed by atoms with van der Waals surface area (Å²) in [6, 6.07) is 7.16. The molecular weight excluding hydrogens is 228 g/mol. The summed E-state index contributed by atoms with van der Waals surface area (Å²) in [5, 5.41) is 0. The highest BCUT2D eigenvalue weighted by atomic mass is 16.5. The highest BCUT2D eigenvalue weighted by molar-refractivity contribution is 5.80. The first-order valence-electron chi connectivity index (χ1n) is 5.87. The summed E-state index contributed by atoms with van der Waals surface area (Å²) in [6.07, 6.45) is 1.70. The lowest BCUT2D eigenvalue weighted by Crippen LogP contribution is -2.39. The van der Waals surface area contributed by atoms with Crippen LogP contribution in [0, 0.1) is 0 Å². The van der Waals surface area contributed by atoms with E-state index in [1.165, 1.54) is 0 Å². The second-order valence-corrected chi connectivity index (χ2v) is 4.23. The molecule has 1 rings (SSSR count). The average molecular weight is 248 g/mol. The van der Waals surface area contributed by atoms with Gasteiger partial charge in [-0.25, -0.2) is 0 Å². The van der Waals surface area contributed by atoms with Gasteiger partial charge in [0.15, 0.2) is 0 Å². The van der Waals surface area contributed by atoms with Crippen molar-refractivity contribution in [2.45, 2.75) is 19.5 Å². The molecule has 0 aliphatic rings. The summed E-state index contributed by atoms with van der Waals surface area (Å²) < 4.78 is 5.38. The van der Waals surface area contributed by atoms with Crippen molar-refractivity contribution in [3.8, 4) is 5.75 Å². The van der Waals surface area contributed by atoms with E-state index >= 15 is 0 Å². The predicted octanol–water partition coefficient (Wildman–Crippen LogP) is 1.56. The quantitative estimate of drug-likeness (QED) is 0.777. The van der Waals surface area contributed by atoms with Crippen molar-refractivity contribution in [3.63, 3.8) is 0 Å². The number of likely N-dealkylation sites (N-methyl/N-ethyl adjacent to an activating group) is 1. The smallest absolute Gasteiger partial charge is 0.239 e. The number of benzene rings is 1. The van der Waals surface area contributed by atoms with Crippen LogP contribution in [0.1, 0.15) is 12.5 Å². The number of hydrogen-bond donors (Lipinski definition) is 1. The van der Waals surface area contributed by atoms with Crippen molar-refractivity contribution in [2.75, 3.05) is 13.7 Å². The Bertz CT molecular complexity index is 399. The maximum atomic E-state index is 11.6. The minimum Gasteiger partial charge on any atom is -0.490 e. The molecule has 0 fully saturated rings. The van der Waals surface area contributed by atoms with E-state index in [9.17, 15) is 4.79 Å². The van der Waals surface area contributed by atoms with Gasteiger partial charge in [-0.15, -0.1) is 0 Å². The molecule has 0 saturated heterocycles. The van der Waals surface area contributed by atoms with Gasteiger partial charge >= 0.3 is 0 Å². The van der Waals surface area contributed by atoms with E-state index in [1.54, 1.807) is 24.9 Å². The lowest BCUT2D eigenvalue weighted by Gasteiger charge is -2.19. The van der Waals surface area contributed by atoms with Gasteiger partial charge in [-0.05, 0) is 24.6 Å². The van der Waals surface area contributed by atoms with Crippen molar-refractivity contribution in [2.24, 2.45) is 5.73 Å². The number of nitrogens with zero attached hydrogens (tertiary/aromatic N) is 1. The normalized spacial score (nSPS) is 11.7. The van der Waals surface area contributed by atoms with Crippen LogP contribution in [0.4, 0.5) is 0 Å². The summed E-state index contributed by atoms with van der Waals surface area (Å²) in [7, 11) is 1.74. The maximum Gasteiger partial charge on any atom is 0.239 e. The standard InChI is InChI=1S/C14H20N2O2/c1-4-9-18-13-7-5-12(6-8-13)10-16(3)14(17)11(2)15/h4-8,11H,1,9-10,15H2,2-3H3/t11-/m0/s1. The zero-order chi connectivity index (χ0) is 13.5. The molecule has 0 bridgehead atoms. The molecule has 1 aromatic carbocycles. The number of amides is 1. The van der Waals surface area contributed by atoms with Crippen LogP contribution < -0.4 is 10.5 Å². The van der Waals surface area contributed by atoms with Gasteiger partial charge in [-0.3, -0.25) is 4.79 Å². The van der Waals surface area contributed by atoms with E-state index in [2.05, 4.69) is 6.58 Å². The Morgan fingerprint density at radius 3 is 2.61 bits per heavy atom. The number of carbonyl (C=O) groups excluding carboxylic acids is 1. The number of nitrogens with two attached hydrogens (primary N) is 1. The Morgan fingerprint density at radius 2 is 2.11 bits per heavy atom. The van der Waals surface area contributed by atoms with E-state index in [-0.39, 0.29) is 5.91 Å². The Labute approximate surface area is 108 Å². The van der Waals surface area contributed by atoms with Crippen LogP contribution >= 0.6 is 0 Å². The molecule has 4 heteroatoms. The SMILES string of the molecule is C=CCOc1ccc(CN(C)C(=O)[C@H](C)N)cc1. The summed E-state index contributed by atoms with van der Waals surface area (Å²) in [6.45, 7) is 6.31. The minimum absolute atomic E-state index is 0.0676. The molecule has 0 aliphatic carbocycles. The first-order valence-corrected chi connectivity index (χ1v) is 5.87. The number of hydrogen-bond acceptors (Lipinski definition) is 3. The fraction of sp³-hybridized carbons (Fsp3) is 0.357. The van der Waals surface area contributed by atoms with Gasteiger partial charge in [0.1, 0.15) is 12.4 Å². The van der Waals surface area contributed by atoms with E-state index in [4.69, 9.17) is 10.5 Å². The molecule has 0 aromatic heterocycles. The number of carbonyl (C=O) groups is 1. The van der Waals surface area contributed by atoms with Crippen LogP contribution in [-0.2, 0) is 11.3 Å². The van der Waals surface area contributed by atoms with Gasteiger partial charge in [0, 0.05) is 13.6 Å². The topological polar surface area (TPSA) is 55.6 Å².